The Morgan fingerprint density at radius 2 is 0.672 bits per heavy atom. The lowest BCUT2D eigenvalue weighted by atomic mass is 10.0. The lowest BCUT2D eigenvalue weighted by Crippen LogP contribution is -2.11. The maximum absolute atomic E-state index is 5.91. The van der Waals surface area contributed by atoms with Gasteiger partial charge in [0.2, 0.25) is 0 Å². The van der Waals surface area contributed by atoms with Gasteiger partial charge >= 0.3 is 0 Å². The fourth-order valence-corrected chi connectivity index (χ4v) is 18.0. The maximum atomic E-state index is 5.91. The first kappa shape index (κ1) is 74.0. The van der Waals surface area contributed by atoms with E-state index in [0.29, 0.717) is 11.5 Å². The summed E-state index contributed by atoms with van der Waals surface area (Å²) < 4.78 is 0. The summed E-state index contributed by atoms with van der Waals surface area (Å²) in [7, 11) is 0. The Bertz CT molecular complexity index is 7890. The number of benzene rings is 4. The number of aromatic amines is 8. The zero-order chi connectivity index (χ0) is 81.6. The van der Waals surface area contributed by atoms with Crippen molar-refractivity contribution < 1.29 is 0 Å². The van der Waals surface area contributed by atoms with Gasteiger partial charge in [0, 0.05) is 166 Å². The summed E-state index contributed by atoms with van der Waals surface area (Å²) in [5.41, 5.74) is 35.6. The van der Waals surface area contributed by atoms with Gasteiger partial charge in [-0.15, -0.1) is 45.3 Å². The smallest absolute Gasteiger partial charge is 0.159 e. The van der Waals surface area contributed by atoms with Crippen molar-refractivity contribution >= 4 is 139 Å². The Morgan fingerprint density at radius 3 is 1.05 bits per heavy atom. The SMILES string of the molecule is CCNCc1cncc(-c2ccc3[nH]nc(-c4nc5c(-c6cccs6)cncc5[nH]4)c3c2)c1.Cc1ccncc1-c1ccc2[nH]nc(-c3nc4c(-c5cccs5)cncc4[nH]3)c2c1.Nc1cncc(-c2ccc3[nH]nc(-c4nc5c(-c6cccs6)cncc5[nH]4)c3c2)c1.c1cncc(-c2ccc3[nH]nc(-c4nc5c(-c6cccs6)cncc5[nH]4)c3c2)c1. The first-order chi connectivity index (χ1) is 60.2. The Kier molecular flexibility index (Phi) is 19.4. The molecule has 26 nitrogen and oxygen atoms in total. The van der Waals surface area contributed by atoms with Crippen LogP contribution in [0.5, 0.6) is 0 Å². The first-order valence-corrected chi connectivity index (χ1v) is 42.3. The average Bonchev–Trinajstić information content (AvgIpc) is 1.63. The number of rotatable bonds is 15. The van der Waals surface area contributed by atoms with Gasteiger partial charge in [-0.3, -0.25) is 60.3 Å². The third-order valence-corrected chi connectivity index (χ3v) is 24.6. The summed E-state index contributed by atoms with van der Waals surface area (Å²) in [6.07, 6.45) is 29.3. The molecule has 0 aliphatic carbocycles. The van der Waals surface area contributed by atoms with Gasteiger partial charge in [0.25, 0.3) is 0 Å². The summed E-state index contributed by atoms with van der Waals surface area (Å²) >= 11 is 6.71. The summed E-state index contributed by atoms with van der Waals surface area (Å²) in [6, 6.07) is 51.5. The van der Waals surface area contributed by atoms with Gasteiger partial charge in [0.15, 0.2) is 23.3 Å². The van der Waals surface area contributed by atoms with Gasteiger partial charge < -0.3 is 31.0 Å². The van der Waals surface area contributed by atoms with Crippen LogP contribution < -0.4 is 11.1 Å². The largest absolute Gasteiger partial charge is 0.397 e. The lowest BCUT2D eigenvalue weighted by Gasteiger charge is -2.06. The number of H-pyrrole nitrogens is 8. The van der Waals surface area contributed by atoms with Gasteiger partial charge in [-0.2, -0.15) is 20.4 Å². The molecule has 122 heavy (non-hydrogen) atoms. The third kappa shape index (κ3) is 14.3. The van der Waals surface area contributed by atoms with Crippen molar-refractivity contribution in [2.75, 3.05) is 12.3 Å². The maximum Gasteiger partial charge on any atom is 0.159 e. The molecular weight excluding hydrogens is 1600 g/mol. The van der Waals surface area contributed by atoms with Crippen molar-refractivity contribution in [1.29, 1.82) is 0 Å². The number of hydrogen-bond donors (Lipinski definition) is 10. The van der Waals surface area contributed by atoms with Crippen molar-refractivity contribution in [3.8, 4) is 132 Å². The number of anilines is 1. The van der Waals surface area contributed by atoms with Crippen molar-refractivity contribution in [3.05, 3.63) is 283 Å². The summed E-state index contributed by atoms with van der Waals surface area (Å²) in [5.74, 6) is 2.87. The summed E-state index contributed by atoms with van der Waals surface area (Å²) in [6.45, 7) is 5.92. The molecular formula is C92H66N26S4. The topological polar surface area (TPSA) is 371 Å². The Balaban J connectivity index is 0.000000100. The number of nitrogens with one attached hydrogen (secondary N) is 9. The van der Waals surface area contributed by atoms with E-state index in [0.717, 1.165) is 233 Å². The molecule has 0 spiro atoms. The van der Waals surface area contributed by atoms with Crippen LogP contribution >= 0.6 is 45.3 Å². The molecule has 24 rings (SSSR count). The second-order valence-electron chi connectivity index (χ2n) is 28.7. The highest BCUT2D eigenvalue weighted by atomic mass is 32.1. The fraction of sp³-hybridized carbons (Fsp3) is 0.0435. The lowest BCUT2D eigenvalue weighted by molar-refractivity contribution is 0.724. The van der Waals surface area contributed by atoms with E-state index in [1.165, 1.54) is 5.56 Å². The number of aromatic nitrogens is 24. The van der Waals surface area contributed by atoms with E-state index in [1.54, 1.807) is 76.3 Å². The van der Waals surface area contributed by atoms with E-state index in [2.05, 4.69) is 226 Å². The quantitative estimate of drug-likeness (QED) is 0.0456. The normalized spacial score (nSPS) is 11.5. The minimum absolute atomic E-state index is 0.630. The van der Waals surface area contributed by atoms with Crippen LogP contribution in [-0.4, -0.2) is 127 Å². The van der Waals surface area contributed by atoms with Crippen molar-refractivity contribution in [1.82, 2.24) is 126 Å². The highest BCUT2D eigenvalue weighted by molar-refractivity contribution is 7.14. The van der Waals surface area contributed by atoms with Crippen LogP contribution in [0.2, 0.25) is 0 Å². The van der Waals surface area contributed by atoms with Crippen molar-refractivity contribution in [3.63, 3.8) is 0 Å². The monoisotopic (exact) mass is 1660 g/mol. The molecule has 0 saturated carbocycles. The van der Waals surface area contributed by atoms with Crippen molar-refractivity contribution in [2.45, 2.75) is 20.4 Å². The predicted molar refractivity (Wildman–Crippen MR) is 489 cm³/mol. The molecule has 0 unspecified atom stereocenters. The fourth-order valence-electron chi connectivity index (χ4n) is 15.0. The molecule has 0 radical (unpaired) electrons. The predicted octanol–water partition coefficient (Wildman–Crippen LogP) is 21.2. The molecule has 0 saturated heterocycles. The third-order valence-electron chi connectivity index (χ3n) is 21.0. The van der Waals surface area contributed by atoms with Crippen LogP contribution in [0.25, 0.3) is 220 Å². The standard InChI is InChI=1S/C25H21N7S.C23H16N6S.C22H15N7S.C22H14N6S/c1-2-26-10-15-8-17(12-27-11-15)16-5-6-20-18(9-16)24(32-31-20)25-29-21-14-28-13-19(23(21)30-25)22-4-3-7-33-22;1-13-6-7-24-10-16(13)14-4-5-18-15(9-14)22(29-28-18)23-26-19-12-25-11-17(21(19)27-23)20-3-2-8-30-20;23-14-6-13(8-24-9-14)12-3-4-17-15(7-12)21(29-28-17)22-26-18-11-25-10-16(20(18)27-22)19-2-1-5-30-19;1-3-14(10-23-7-1)13-5-6-17-15(9-13)21(28-27-17)22-25-18-12-24-11-16(20(18)26-22)19-4-2-8-29-19/h3-9,11-14,26H,2,10H2,1H3,(H,29,30)(H,31,32);2-12H,1H3,(H,26,27)(H,28,29);1-11H,23H2,(H,26,27)(H,28,29);1-12H,(H,25,26)(H,27,28). The molecule has 0 atom stereocenters. The van der Waals surface area contributed by atoms with Crippen LogP contribution in [-0.2, 0) is 6.54 Å². The van der Waals surface area contributed by atoms with E-state index in [-0.39, 0.29) is 0 Å². The number of fused-ring (bicyclic) bond motifs is 8. The van der Waals surface area contributed by atoms with E-state index in [4.69, 9.17) is 25.7 Å². The van der Waals surface area contributed by atoms with Gasteiger partial charge in [-0.05, 0) is 165 Å². The molecule has 0 bridgehead atoms. The summed E-state index contributed by atoms with van der Waals surface area (Å²) in [4.78, 5) is 72.4. The number of nitrogens with two attached hydrogens (primary N) is 1. The molecule has 0 aliphatic heterocycles. The zero-order valence-electron chi connectivity index (χ0n) is 64.8. The molecule has 0 fully saturated rings. The van der Waals surface area contributed by atoms with E-state index in [9.17, 15) is 0 Å². The van der Waals surface area contributed by atoms with Crippen molar-refractivity contribution in [2.24, 2.45) is 0 Å². The van der Waals surface area contributed by atoms with Gasteiger partial charge in [0.1, 0.15) is 44.8 Å². The van der Waals surface area contributed by atoms with Crippen LogP contribution in [0.1, 0.15) is 18.1 Å². The second-order valence-corrected chi connectivity index (χ2v) is 32.5. The molecule has 588 valence electrons. The number of hydrogen-bond acceptors (Lipinski definition) is 22. The Morgan fingerprint density at radius 1 is 0.311 bits per heavy atom. The van der Waals surface area contributed by atoms with Gasteiger partial charge in [-0.1, -0.05) is 61.5 Å². The average molecular weight is 1660 g/mol. The molecule has 4 aromatic carbocycles. The van der Waals surface area contributed by atoms with Gasteiger partial charge in [-0.25, -0.2) is 19.9 Å². The highest BCUT2D eigenvalue weighted by Crippen LogP contribution is 2.41. The molecule has 20 heterocycles. The number of nitrogen functional groups attached to an aromatic ring is 1. The number of aryl methyl sites for hydroxylation is 1. The Labute approximate surface area is 708 Å². The van der Waals surface area contributed by atoms with Gasteiger partial charge in [0.05, 0.1) is 74.6 Å². The molecule has 24 aromatic rings. The molecule has 20 aromatic heterocycles. The van der Waals surface area contributed by atoms with Crippen LogP contribution in [0.3, 0.4) is 0 Å². The number of thiophene rings is 4. The van der Waals surface area contributed by atoms with E-state index in [1.807, 2.05) is 135 Å². The molecule has 30 heteroatoms. The molecule has 11 N–H and O–H groups in total. The summed E-state index contributed by atoms with van der Waals surface area (Å²) in [5, 5.41) is 46.3. The number of imidazole rings is 4. The first-order valence-electron chi connectivity index (χ1n) is 38.8. The number of nitrogens with zero attached hydrogens (tertiary/aromatic N) is 16. The molecule has 0 amide bonds. The minimum atomic E-state index is 0.630. The number of pyridine rings is 8. The van der Waals surface area contributed by atoms with Crippen LogP contribution in [0.4, 0.5) is 5.69 Å². The molecule has 0 aliphatic rings. The van der Waals surface area contributed by atoms with Crippen LogP contribution in [0.15, 0.2) is 272 Å². The zero-order valence-corrected chi connectivity index (χ0v) is 68.0. The van der Waals surface area contributed by atoms with E-state index < -0.39 is 0 Å². The second kappa shape index (κ2) is 32.0. The van der Waals surface area contributed by atoms with Crippen LogP contribution in [0, 0.1) is 6.92 Å². The Hall–Kier alpha value is -15.6. The van der Waals surface area contributed by atoms with E-state index >= 15 is 0 Å². The highest BCUT2D eigenvalue weighted by Gasteiger charge is 2.23. The minimum Gasteiger partial charge on any atom is -0.397 e.